The van der Waals surface area contributed by atoms with Gasteiger partial charge in [-0.25, -0.2) is 4.98 Å². The molecule has 4 heteroatoms. The Kier molecular flexibility index (Phi) is 4.38. The van der Waals surface area contributed by atoms with Crippen LogP contribution in [0, 0.1) is 6.85 Å². The molecule has 0 bridgehead atoms. The number of nitrogens with zero attached hydrogens (tertiary/aromatic N) is 2. The standard InChI is InChI=1S/C38H24N2OS/c1-23-17-19-24(20-18-23)25-21-22-29(37-35(25)28-10-3-7-16-34(28)42-37)38-39-30-12-4-5-13-31(30)40(38)32-14-8-11-27-26-9-2-6-15-33(26)41-36(27)32/h2-22H,1H3/i1D3. The molecule has 9 rings (SSSR count). The van der Waals surface area contributed by atoms with Crippen LogP contribution in [0.3, 0.4) is 0 Å². The minimum atomic E-state index is -2.14. The van der Waals surface area contributed by atoms with E-state index in [2.05, 4.69) is 77.4 Å². The van der Waals surface area contributed by atoms with E-state index in [-0.39, 0.29) is 0 Å². The fourth-order valence-electron chi connectivity index (χ4n) is 6.25. The molecule has 0 spiro atoms. The van der Waals surface area contributed by atoms with Crippen molar-refractivity contribution in [2.24, 2.45) is 0 Å². The smallest absolute Gasteiger partial charge is 0.159 e. The Bertz CT molecular complexity index is 2590. The number of aryl methyl sites for hydroxylation is 1. The summed E-state index contributed by atoms with van der Waals surface area (Å²) >= 11 is 1.75. The molecule has 3 aromatic heterocycles. The van der Waals surface area contributed by atoms with Crippen LogP contribution in [0.25, 0.3) is 81.3 Å². The minimum absolute atomic E-state index is 0.336. The van der Waals surface area contributed by atoms with Crippen molar-refractivity contribution in [1.29, 1.82) is 0 Å². The number of rotatable bonds is 3. The van der Waals surface area contributed by atoms with Gasteiger partial charge in [0.1, 0.15) is 11.4 Å². The molecule has 198 valence electrons. The van der Waals surface area contributed by atoms with E-state index in [4.69, 9.17) is 13.5 Å². The minimum Gasteiger partial charge on any atom is -0.454 e. The Labute approximate surface area is 250 Å². The van der Waals surface area contributed by atoms with E-state index in [0.717, 1.165) is 76.6 Å². The van der Waals surface area contributed by atoms with Gasteiger partial charge in [-0.1, -0.05) is 96.6 Å². The predicted octanol–water partition coefficient (Wildman–Crippen LogP) is 10.9. The molecule has 0 saturated heterocycles. The molecule has 0 unspecified atom stereocenters. The van der Waals surface area contributed by atoms with Crippen LogP contribution in [-0.2, 0) is 0 Å². The lowest BCUT2D eigenvalue weighted by atomic mass is 9.96. The first kappa shape index (κ1) is 20.7. The summed E-state index contributed by atoms with van der Waals surface area (Å²) in [6.07, 6.45) is 0. The molecule has 0 fully saturated rings. The zero-order valence-corrected chi connectivity index (χ0v) is 23.2. The average Bonchev–Trinajstić information content (AvgIpc) is 3.76. The van der Waals surface area contributed by atoms with Crippen LogP contribution >= 0.6 is 11.3 Å². The van der Waals surface area contributed by atoms with Crippen LogP contribution in [0.1, 0.15) is 9.68 Å². The SMILES string of the molecule is [2H]C([2H])([2H])c1ccc(-c2ccc(-c3nc4ccccc4n3-c3cccc4c3oc3ccccc34)c3sc4ccccc4c23)cc1. The van der Waals surface area contributed by atoms with Crippen LogP contribution in [0.15, 0.2) is 132 Å². The second-order valence-corrected chi connectivity index (χ2v) is 11.6. The molecule has 0 radical (unpaired) electrons. The number of hydrogen-bond donors (Lipinski definition) is 0. The number of aromatic nitrogens is 2. The summed E-state index contributed by atoms with van der Waals surface area (Å²) in [6.45, 7) is -2.14. The van der Waals surface area contributed by atoms with Crippen LogP contribution < -0.4 is 0 Å². The highest BCUT2D eigenvalue weighted by Gasteiger charge is 2.23. The quantitative estimate of drug-likeness (QED) is 0.216. The predicted molar refractivity (Wildman–Crippen MR) is 177 cm³/mol. The van der Waals surface area contributed by atoms with Gasteiger partial charge in [0.25, 0.3) is 0 Å². The van der Waals surface area contributed by atoms with Crippen molar-refractivity contribution in [3.63, 3.8) is 0 Å². The molecule has 0 saturated carbocycles. The number of para-hydroxylation sites is 4. The molecular formula is C38H24N2OS. The van der Waals surface area contributed by atoms with Crippen molar-refractivity contribution in [2.45, 2.75) is 6.85 Å². The third-order valence-electron chi connectivity index (χ3n) is 8.15. The molecule has 3 heterocycles. The van der Waals surface area contributed by atoms with E-state index >= 15 is 0 Å². The van der Waals surface area contributed by atoms with Crippen LogP contribution in [0.4, 0.5) is 0 Å². The number of benzene rings is 6. The summed E-state index contributed by atoms with van der Waals surface area (Å²) in [5.74, 6) is 0.838. The summed E-state index contributed by atoms with van der Waals surface area (Å²) < 4.78 is 34.5. The zero-order valence-electron chi connectivity index (χ0n) is 25.3. The van der Waals surface area contributed by atoms with Gasteiger partial charge in [0.05, 0.1) is 16.7 Å². The van der Waals surface area contributed by atoms with E-state index in [1.807, 2.05) is 42.5 Å². The third-order valence-corrected chi connectivity index (χ3v) is 9.35. The first-order chi connectivity index (χ1) is 22.0. The number of fused-ring (bicyclic) bond motifs is 7. The van der Waals surface area contributed by atoms with Crippen molar-refractivity contribution >= 4 is 64.5 Å². The zero-order chi connectivity index (χ0) is 30.3. The largest absolute Gasteiger partial charge is 0.454 e. The maximum atomic E-state index is 7.82. The Morgan fingerprint density at radius 1 is 0.690 bits per heavy atom. The van der Waals surface area contributed by atoms with E-state index in [9.17, 15) is 0 Å². The normalized spacial score (nSPS) is 13.3. The van der Waals surface area contributed by atoms with Crippen molar-refractivity contribution in [1.82, 2.24) is 9.55 Å². The number of furan rings is 1. The van der Waals surface area contributed by atoms with Gasteiger partial charge in [0, 0.05) is 40.6 Å². The molecule has 0 amide bonds. The molecule has 3 nitrogen and oxygen atoms in total. The lowest BCUT2D eigenvalue weighted by molar-refractivity contribution is 0.666. The lowest BCUT2D eigenvalue weighted by Gasteiger charge is -2.13. The monoisotopic (exact) mass is 559 g/mol. The van der Waals surface area contributed by atoms with Crippen LogP contribution in [0.5, 0.6) is 0 Å². The molecule has 0 aliphatic rings. The molecule has 6 aromatic carbocycles. The summed E-state index contributed by atoms with van der Waals surface area (Å²) in [7, 11) is 0. The van der Waals surface area contributed by atoms with Crippen molar-refractivity contribution in [3.05, 3.63) is 133 Å². The van der Waals surface area contributed by atoms with Gasteiger partial charge < -0.3 is 4.42 Å². The summed E-state index contributed by atoms with van der Waals surface area (Å²) in [4.78, 5) is 5.25. The van der Waals surface area contributed by atoms with Crippen molar-refractivity contribution in [3.8, 4) is 28.2 Å². The molecule has 9 aromatic rings. The molecule has 0 N–H and O–H groups in total. The Hall–Kier alpha value is -5.19. The highest BCUT2D eigenvalue weighted by molar-refractivity contribution is 7.26. The lowest BCUT2D eigenvalue weighted by Crippen LogP contribution is -1.98. The second kappa shape index (κ2) is 8.90. The summed E-state index contributed by atoms with van der Waals surface area (Å²) in [5, 5.41) is 4.45. The number of thiophene rings is 1. The number of imidazole rings is 1. The fraction of sp³-hybridized carbons (Fsp3) is 0.0263. The van der Waals surface area contributed by atoms with Crippen molar-refractivity contribution in [2.75, 3.05) is 0 Å². The maximum Gasteiger partial charge on any atom is 0.159 e. The van der Waals surface area contributed by atoms with Gasteiger partial charge in [-0.15, -0.1) is 11.3 Å². The van der Waals surface area contributed by atoms with E-state index < -0.39 is 6.85 Å². The van der Waals surface area contributed by atoms with E-state index in [1.54, 1.807) is 23.5 Å². The van der Waals surface area contributed by atoms with Gasteiger partial charge in [-0.2, -0.15) is 0 Å². The second-order valence-electron chi connectivity index (χ2n) is 10.6. The first-order valence-electron chi connectivity index (χ1n) is 15.4. The van der Waals surface area contributed by atoms with E-state index in [0.29, 0.717) is 5.56 Å². The molecule has 0 aliphatic heterocycles. The molecule has 0 aliphatic carbocycles. The highest BCUT2D eigenvalue weighted by Crippen LogP contribution is 2.46. The van der Waals surface area contributed by atoms with Gasteiger partial charge >= 0.3 is 0 Å². The topological polar surface area (TPSA) is 31.0 Å². The Morgan fingerprint density at radius 2 is 1.45 bits per heavy atom. The number of hydrogen-bond acceptors (Lipinski definition) is 3. The van der Waals surface area contributed by atoms with Gasteiger partial charge in [0.2, 0.25) is 0 Å². The van der Waals surface area contributed by atoms with E-state index in [1.165, 1.54) is 4.70 Å². The molecule has 0 atom stereocenters. The van der Waals surface area contributed by atoms with Crippen molar-refractivity contribution < 1.29 is 8.53 Å². The maximum absolute atomic E-state index is 7.82. The molecule has 42 heavy (non-hydrogen) atoms. The summed E-state index contributed by atoms with van der Waals surface area (Å²) in [6, 6.07) is 42.7. The van der Waals surface area contributed by atoms with Gasteiger partial charge in [-0.05, 0) is 54.4 Å². The van der Waals surface area contributed by atoms with Gasteiger partial charge in [0.15, 0.2) is 5.58 Å². The summed E-state index contributed by atoms with van der Waals surface area (Å²) in [5.41, 5.74) is 7.91. The van der Waals surface area contributed by atoms with Gasteiger partial charge in [-0.3, -0.25) is 4.57 Å². The average molecular weight is 560 g/mol. The molecular weight excluding hydrogens is 532 g/mol. The van der Waals surface area contributed by atoms with Crippen LogP contribution in [-0.4, -0.2) is 9.55 Å². The Morgan fingerprint density at radius 3 is 2.36 bits per heavy atom. The van der Waals surface area contributed by atoms with Crippen LogP contribution in [0.2, 0.25) is 0 Å². The first-order valence-corrected chi connectivity index (χ1v) is 14.7. The third kappa shape index (κ3) is 3.36. The fourth-order valence-corrected chi connectivity index (χ4v) is 7.49. The highest BCUT2D eigenvalue weighted by atomic mass is 32.1. The Balaban J connectivity index is 1.35.